The highest BCUT2D eigenvalue weighted by Crippen LogP contribution is 2.23. The van der Waals surface area contributed by atoms with Gasteiger partial charge in [-0.25, -0.2) is 0 Å². The fourth-order valence-corrected chi connectivity index (χ4v) is 1.85. The Morgan fingerprint density at radius 1 is 1.28 bits per heavy atom. The first-order valence-electron chi connectivity index (χ1n) is 5.95. The molecule has 0 fully saturated rings. The van der Waals surface area contributed by atoms with Gasteiger partial charge in [-0.15, -0.1) is 16.8 Å². The minimum Gasteiger partial charge on any atom is -0.164 e. The molecule has 0 spiro atoms. The molecule has 0 atom stereocenters. The monoisotopic (exact) mass is 262 g/mol. The number of benzene rings is 1. The Morgan fingerprint density at radius 3 is 2.89 bits per heavy atom. The Bertz CT molecular complexity index is 521. The largest absolute Gasteiger partial charge is 0.206 e. The van der Waals surface area contributed by atoms with Crippen LogP contribution in [0.5, 0.6) is 0 Å². The van der Waals surface area contributed by atoms with Gasteiger partial charge in [-0.1, -0.05) is 29.8 Å². The molecule has 94 valence electrons. The summed E-state index contributed by atoms with van der Waals surface area (Å²) in [5.41, 5.74) is 0.816. The van der Waals surface area contributed by atoms with E-state index in [-0.39, 0.29) is 0 Å². The van der Waals surface area contributed by atoms with Gasteiger partial charge in [-0.3, -0.25) is 0 Å². The number of allylic oxidation sites excluding steroid dienone is 1. The van der Waals surface area contributed by atoms with Crippen molar-refractivity contribution in [3.05, 3.63) is 41.9 Å². The van der Waals surface area contributed by atoms with Crippen LogP contribution in [-0.2, 0) is 6.54 Å². The van der Waals surface area contributed by atoms with E-state index in [1.807, 2.05) is 30.3 Å². The number of hydrogen-bond acceptors (Lipinski definition) is 3. The highest BCUT2D eigenvalue weighted by atomic mass is 35.5. The van der Waals surface area contributed by atoms with Gasteiger partial charge in [0.05, 0.1) is 11.6 Å². The summed E-state index contributed by atoms with van der Waals surface area (Å²) in [4.78, 5) is 1.61. The Labute approximate surface area is 111 Å². The van der Waals surface area contributed by atoms with Crippen LogP contribution in [0.15, 0.2) is 36.9 Å². The average molecular weight is 263 g/mol. The third-order valence-corrected chi connectivity index (χ3v) is 2.91. The summed E-state index contributed by atoms with van der Waals surface area (Å²) < 4.78 is 0. The van der Waals surface area contributed by atoms with Crippen LogP contribution < -0.4 is 0 Å². The molecule has 0 radical (unpaired) electrons. The summed E-state index contributed by atoms with van der Waals surface area (Å²) in [6.07, 6.45) is 5.05. The smallest absolute Gasteiger partial charge is 0.164 e. The Morgan fingerprint density at radius 2 is 2.11 bits per heavy atom. The molecule has 0 aliphatic rings. The van der Waals surface area contributed by atoms with E-state index in [9.17, 15) is 0 Å². The van der Waals surface area contributed by atoms with E-state index < -0.39 is 0 Å². The molecule has 0 saturated heterocycles. The topological polar surface area (TPSA) is 43.6 Å². The van der Waals surface area contributed by atoms with Gasteiger partial charge >= 0.3 is 0 Å². The molecule has 0 saturated carbocycles. The van der Waals surface area contributed by atoms with Crippen molar-refractivity contribution in [2.45, 2.75) is 25.8 Å². The third-order valence-electron chi connectivity index (χ3n) is 2.58. The Kier molecular flexibility index (Phi) is 4.47. The lowest BCUT2D eigenvalue weighted by Crippen LogP contribution is -2.02. The van der Waals surface area contributed by atoms with E-state index >= 15 is 0 Å². The molecule has 0 bridgehead atoms. The van der Waals surface area contributed by atoms with Crippen LogP contribution in [0.2, 0.25) is 5.02 Å². The SMILES string of the molecule is C=CCCCCn1nnc(-c2ccccc2Cl)n1. The summed E-state index contributed by atoms with van der Waals surface area (Å²) in [6.45, 7) is 4.46. The normalized spacial score (nSPS) is 10.5. The molecule has 0 amide bonds. The van der Waals surface area contributed by atoms with E-state index in [0.717, 1.165) is 31.4 Å². The van der Waals surface area contributed by atoms with E-state index in [1.165, 1.54) is 0 Å². The first kappa shape index (κ1) is 12.8. The summed E-state index contributed by atoms with van der Waals surface area (Å²) in [5, 5.41) is 13.0. The second-order valence-electron chi connectivity index (χ2n) is 3.97. The molecule has 4 nitrogen and oxygen atoms in total. The molecule has 18 heavy (non-hydrogen) atoms. The molecule has 0 aliphatic carbocycles. The molecule has 0 aliphatic heterocycles. The van der Waals surface area contributed by atoms with Gasteiger partial charge < -0.3 is 0 Å². The predicted octanol–water partition coefficient (Wildman–Crippen LogP) is 3.35. The van der Waals surface area contributed by atoms with E-state index in [4.69, 9.17) is 11.6 Å². The number of nitrogens with zero attached hydrogens (tertiary/aromatic N) is 4. The van der Waals surface area contributed by atoms with Crippen LogP contribution in [0.4, 0.5) is 0 Å². The van der Waals surface area contributed by atoms with Crippen LogP contribution in [0.25, 0.3) is 11.4 Å². The molecule has 0 N–H and O–H groups in total. The van der Waals surface area contributed by atoms with Crippen LogP contribution in [0.3, 0.4) is 0 Å². The van der Waals surface area contributed by atoms with Crippen molar-refractivity contribution >= 4 is 11.6 Å². The number of halogens is 1. The second-order valence-corrected chi connectivity index (χ2v) is 4.38. The summed E-state index contributed by atoms with van der Waals surface area (Å²) in [7, 11) is 0. The minimum absolute atomic E-state index is 0.573. The molecule has 2 rings (SSSR count). The van der Waals surface area contributed by atoms with Crippen molar-refractivity contribution in [3.63, 3.8) is 0 Å². The van der Waals surface area contributed by atoms with Crippen molar-refractivity contribution in [2.24, 2.45) is 0 Å². The Balaban J connectivity index is 2.02. The molecule has 5 heteroatoms. The van der Waals surface area contributed by atoms with Gasteiger partial charge in [0.15, 0.2) is 0 Å². The standard InChI is InChI=1S/C13H15ClN4/c1-2-3-4-7-10-18-16-13(15-17-18)11-8-5-6-9-12(11)14/h2,5-6,8-9H,1,3-4,7,10H2. The number of aromatic nitrogens is 4. The zero-order valence-electron chi connectivity index (χ0n) is 10.1. The minimum atomic E-state index is 0.573. The molecular weight excluding hydrogens is 248 g/mol. The van der Waals surface area contributed by atoms with Crippen molar-refractivity contribution in [1.82, 2.24) is 20.2 Å². The average Bonchev–Trinajstić information content (AvgIpc) is 2.84. The van der Waals surface area contributed by atoms with Crippen molar-refractivity contribution in [2.75, 3.05) is 0 Å². The van der Waals surface area contributed by atoms with Gasteiger partial charge in [-0.2, -0.15) is 4.80 Å². The Hall–Kier alpha value is -1.68. The number of hydrogen-bond donors (Lipinski definition) is 0. The number of tetrazole rings is 1. The zero-order valence-corrected chi connectivity index (χ0v) is 10.8. The lowest BCUT2D eigenvalue weighted by Gasteiger charge is -1.98. The number of rotatable bonds is 6. The number of aryl methyl sites for hydroxylation is 1. The summed E-state index contributed by atoms with van der Waals surface area (Å²) >= 11 is 6.09. The molecule has 2 aromatic rings. The maximum atomic E-state index is 6.09. The molecule has 0 unspecified atom stereocenters. The van der Waals surface area contributed by atoms with Gasteiger partial charge in [0.1, 0.15) is 0 Å². The lowest BCUT2D eigenvalue weighted by molar-refractivity contribution is 0.490. The van der Waals surface area contributed by atoms with Gasteiger partial charge in [-0.05, 0) is 36.6 Å². The fourth-order valence-electron chi connectivity index (χ4n) is 1.63. The summed E-state index contributed by atoms with van der Waals surface area (Å²) in [5.74, 6) is 0.573. The molecular formula is C13H15ClN4. The van der Waals surface area contributed by atoms with Crippen LogP contribution in [0, 0.1) is 0 Å². The lowest BCUT2D eigenvalue weighted by atomic mass is 10.2. The molecule has 1 aromatic heterocycles. The second kappa shape index (κ2) is 6.31. The first-order chi connectivity index (χ1) is 8.81. The van der Waals surface area contributed by atoms with E-state index in [1.54, 1.807) is 4.80 Å². The number of unbranched alkanes of at least 4 members (excludes halogenated alkanes) is 2. The van der Waals surface area contributed by atoms with E-state index in [0.29, 0.717) is 10.8 Å². The van der Waals surface area contributed by atoms with Crippen molar-refractivity contribution in [1.29, 1.82) is 0 Å². The summed E-state index contributed by atoms with van der Waals surface area (Å²) in [6, 6.07) is 7.50. The van der Waals surface area contributed by atoms with Gasteiger partial charge in [0, 0.05) is 5.56 Å². The predicted molar refractivity (Wildman–Crippen MR) is 72.3 cm³/mol. The van der Waals surface area contributed by atoms with Gasteiger partial charge in [0.25, 0.3) is 0 Å². The maximum Gasteiger partial charge on any atom is 0.206 e. The fraction of sp³-hybridized carbons (Fsp3) is 0.308. The quantitative estimate of drug-likeness (QED) is 0.592. The maximum absolute atomic E-state index is 6.09. The van der Waals surface area contributed by atoms with Crippen molar-refractivity contribution in [3.8, 4) is 11.4 Å². The third kappa shape index (κ3) is 3.17. The van der Waals surface area contributed by atoms with Gasteiger partial charge in [0.2, 0.25) is 5.82 Å². The molecule has 1 heterocycles. The highest BCUT2D eigenvalue weighted by Gasteiger charge is 2.08. The van der Waals surface area contributed by atoms with Crippen molar-refractivity contribution < 1.29 is 0 Å². The molecule has 1 aromatic carbocycles. The van der Waals surface area contributed by atoms with Crippen LogP contribution in [0.1, 0.15) is 19.3 Å². The zero-order chi connectivity index (χ0) is 12.8. The van der Waals surface area contributed by atoms with E-state index in [2.05, 4.69) is 22.0 Å². The first-order valence-corrected chi connectivity index (χ1v) is 6.32. The highest BCUT2D eigenvalue weighted by molar-refractivity contribution is 6.33. The van der Waals surface area contributed by atoms with Crippen LogP contribution >= 0.6 is 11.6 Å². The van der Waals surface area contributed by atoms with Crippen LogP contribution in [-0.4, -0.2) is 20.2 Å².